The van der Waals surface area contributed by atoms with Gasteiger partial charge in [0.2, 0.25) is 5.91 Å². The maximum absolute atomic E-state index is 12.8. The zero-order chi connectivity index (χ0) is 22.0. The number of halogens is 1. The van der Waals surface area contributed by atoms with Gasteiger partial charge in [-0.05, 0) is 62.7 Å². The van der Waals surface area contributed by atoms with Crippen molar-refractivity contribution in [2.24, 2.45) is 0 Å². The molecule has 4 rings (SSSR count). The summed E-state index contributed by atoms with van der Waals surface area (Å²) in [4.78, 5) is 22.3. The van der Waals surface area contributed by atoms with Crippen molar-refractivity contribution in [3.63, 3.8) is 0 Å². The summed E-state index contributed by atoms with van der Waals surface area (Å²) in [5.74, 6) is -0.122. The number of benzene rings is 2. The fourth-order valence-corrected chi connectivity index (χ4v) is 4.52. The monoisotopic (exact) mass is 450 g/mol. The summed E-state index contributed by atoms with van der Waals surface area (Å²) < 4.78 is 2.12. The smallest absolute Gasteiger partial charge is 0.237 e. The molecule has 0 saturated carbocycles. The minimum atomic E-state index is -0.363. The lowest BCUT2D eigenvalue weighted by Gasteiger charge is -2.14. The Hall–Kier alpha value is -2.83. The molecule has 2 aromatic carbocycles. The highest BCUT2D eigenvalue weighted by Gasteiger charge is 2.20. The number of amides is 1. The van der Waals surface area contributed by atoms with Gasteiger partial charge in [-0.15, -0.1) is 0 Å². The molecule has 31 heavy (non-hydrogen) atoms. The third kappa shape index (κ3) is 4.92. The lowest BCUT2D eigenvalue weighted by Crippen LogP contribution is -2.23. The van der Waals surface area contributed by atoms with Crippen molar-refractivity contribution in [3.8, 4) is 0 Å². The third-order valence-electron chi connectivity index (χ3n) is 4.92. The van der Waals surface area contributed by atoms with Crippen molar-refractivity contribution < 1.29 is 4.79 Å². The Bertz CT molecular complexity index is 1250. The predicted octanol–water partition coefficient (Wildman–Crippen LogP) is 5.87. The molecule has 0 fully saturated rings. The maximum Gasteiger partial charge on any atom is 0.237 e. The lowest BCUT2D eigenvalue weighted by atomic mass is 10.2. The third-order valence-corrected chi connectivity index (χ3v) is 6.32. The Balaban J connectivity index is 1.59. The molecule has 0 saturated heterocycles. The van der Waals surface area contributed by atoms with Gasteiger partial charge in [0.1, 0.15) is 0 Å². The van der Waals surface area contributed by atoms with Crippen LogP contribution in [0.25, 0.3) is 11.0 Å². The van der Waals surface area contributed by atoms with Crippen molar-refractivity contribution >= 4 is 46.0 Å². The van der Waals surface area contributed by atoms with E-state index in [0.29, 0.717) is 17.3 Å². The van der Waals surface area contributed by atoms with E-state index < -0.39 is 0 Å². The highest BCUT2D eigenvalue weighted by Crippen LogP contribution is 2.29. The topological polar surface area (TPSA) is 59.8 Å². The van der Waals surface area contributed by atoms with Crippen LogP contribution in [0.5, 0.6) is 0 Å². The molecule has 1 atom stereocenters. The Labute approximate surface area is 190 Å². The molecule has 0 aliphatic carbocycles. The van der Waals surface area contributed by atoms with E-state index in [-0.39, 0.29) is 11.2 Å². The molecular weight excluding hydrogens is 428 g/mol. The molecule has 0 aliphatic heterocycles. The molecule has 1 N–H and O–H groups in total. The van der Waals surface area contributed by atoms with Gasteiger partial charge in [0.25, 0.3) is 0 Å². The first-order valence-corrected chi connectivity index (χ1v) is 11.3. The van der Waals surface area contributed by atoms with Gasteiger partial charge in [0.05, 0.1) is 39.2 Å². The molecule has 4 aromatic rings. The first-order chi connectivity index (χ1) is 14.9. The van der Waals surface area contributed by atoms with E-state index >= 15 is 0 Å². The summed E-state index contributed by atoms with van der Waals surface area (Å²) in [5, 5.41) is 3.87. The zero-order valence-electron chi connectivity index (χ0n) is 17.6. The van der Waals surface area contributed by atoms with Gasteiger partial charge < -0.3 is 9.88 Å². The molecule has 1 unspecified atom stereocenters. The molecular formula is C24H23ClN4OS. The quantitative estimate of drug-likeness (QED) is 0.373. The fourth-order valence-electron chi connectivity index (χ4n) is 3.31. The fraction of sp³-hybridized carbons (Fsp3) is 0.208. The van der Waals surface area contributed by atoms with Crippen LogP contribution in [0.3, 0.4) is 0 Å². The summed E-state index contributed by atoms with van der Waals surface area (Å²) in [6.07, 6.45) is 0. The van der Waals surface area contributed by atoms with Crippen molar-refractivity contribution in [2.75, 3.05) is 5.32 Å². The van der Waals surface area contributed by atoms with E-state index in [4.69, 9.17) is 16.6 Å². The van der Waals surface area contributed by atoms with Crippen LogP contribution in [0.2, 0.25) is 5.02 Å². The van der Waals surface area contributed by atoms with Crippen molar-refractivity contribution in [2.45, 2.75) is 37.7 Å². The van der Waals surface area contributed by atoms with Crippen LogP contribution in [0.15, 0.2) is 65.8 Å². The van der Waals surface area contributed by atoms with Gasteiger partial charge >= 0.3 is 0 Å². The van der Waals surface area contributed by atoms with Crippen molar-refractivity contribution in [1.82, 2.24) is 14.5 Å². The number of rotatable bonds is 6. The first kappa shape index (κ1) is 21.4. The summed E-state index contributed by atoms with van der Waals surface area (Å²) in [5.41, 5.74) is 5.49. The average molecular weight is 451 g/mol. The molecule has 158 valence electrons. The Morgan fingerprint density at radius 3 is 2.68 bits per heavy atom. The van der Waals surface area contributed by atoms with E-state index in [1.165, 1.54) is 11.8 Å². The summed E-state index contributed by atoms with van der Waals surface area (Å²) in [7, 11) is 0. The largest absolute Gasteiger partial charge is 0.324 e. The average Bonchev–Trinajstić information content (AvgIpc) is 3.07. The summed E-state index contributed by atoms with van der Waals surface area (Å²) >= 11 is 7.70. The number of imidazole rings is 1. The number of carbonyl (C=O) groups is 1. The van der Waals surface area contributed by atoms with E-state index in [1.54, 1.807) is 0 Å². The van der Waals surface area contributed by atoms with Gasteiger partial charge in [-0.2, -0.15) is 0 Å². The van der Waals surface area contributed by atoms with Crippen LogP contribution in [-0.4, -0.2) is 25.7 Å². The predicted molar refractivity (Wildman–Crippen MR) is 128 cm³/mol. The molecule has 0 bridgehead atoms. The van der Waals surface area contributed by atoms with Gasteiger partial charge in [-0.25, -0.2) is 4.98 Å². The van der Waals surface area contributed by atoms with E-state index in [9.17, 15) is 4.79 Å². The minimum Gasteiger partial charge on any atom is -0.324 e. The Morgan fingerprint density at radius 2 is 1.90 bits per heavy atom. The highest BCUT2D eigenvalue weighted by atomic mass is 35.5. The van der Waals surface area contributed by atoms with Gasteiger partial charge in [-0.1, -0.05) is 47.6 Å². The number of hydrogen-bond donors (Lipinski definition) is 1. The number of pyridine rings is 1. The van der Waals surface area contributed by atoms with E-state index in [1.807, 2.05) is 81.4 Å². The number of anilines is 1. The molecule has 5 nitrogen and oxygen atoms in total. The first-order valence-electron chi connectivity index (χ1n) is 10.0. The number of aryl methyl sites for hydroxylation is 2. The molecule has 1 amide bonds. The van der Waals surface area contributed by atoms with Crippen LogP contribution in [-0.2, 0) is 11.3 Å². The van der Waals surface area contributed by atoms with Gasteiger partial charge in [0, 0.05) is 5.69 Å². The zero-order valence-corrected chi connectivity index (χ0v) is 19.2. The van der Waals surface area contributed by atoms with Crippen LogP contribution < -0.4 is 5.32 Å². The molecule has 7 heteroatoms. The maximum atomic E-state index is 12.8. The number of para-hydroxylation sites is 2. The molecule has 0 radical (unpaired) electrons. The number of hydrogen-bond acceptors (Lipinski definition) is 4. The lowest BCUT2D eigenvalue weighted by molar-refractivity contribution is -0.115. The number of nitrogens with one attached hydrogen (secondary N) is 1. The summed E-state index contributed by atoms with van der Waals surface area (Å²) in [6, 6.07) is 19.6. The Morgan fingerprint density at radius 1 is 1.10 bits per heavy atom. The number of thioether (sulfide) groups is 1. The number of carbonyl (C=O) groups excluding carboxylic acids is 1. The normalized spacial score (nSPS) is 12.1. The molecule has 0 spiro atoms. The number of aromatic nitrogens is 3. The minimum absolute atomic E-state index is 0.122. The van der Waals surface area contributed by atoms with Crippen LogP contribution in [0.4, 0.5) is 5.69 Å². The molecule has 0 aliphatic rings. The Kier molecular flexibility index (Phi) is 6.30. The second-order valence-corrected chi connectivity index (χ2v) is 9.19. The number of nitrogens with zero attached hydrogens (tertiary/aromatic N) is 3. The van der Waals surface area contributed by atoms with E-state index in [2.05, 4.69) is 14.9 Å². The second-order valence-electron chi connectivity index (χ2n) is 7.47. The molecule has 2 aromatic heterocycles. The number of fused-ring (bicyclic) bond motifs is 1. The SMILES string of the molecule is Cc1ccc(NC(=O)C(C)Sc2nc3ccccc3n2Cc2cccc(C)n2)c(Cl)c1. The summed E-state index contributed by atoms with van der Waals surface area (Å²) in [6.45, 7) is 6.40. The van der Waals surface area contributed by atoms with Crippen molar-refractivity contribution in [1.29, 1.82) is 0 Å². The van der Waals surface area contributed by atoms with E-state index in [0.717, 1.165) is 33.1 Å². The highest BCUT2D eigenvalue weighted by molar-refractivity contribution is 8.00. The van der Waals surface area contributed by atoms with Crippen molar-refractivity contribution in [3.05, 3.63) is 82.6 Å². The van der Waals surface area contributed by atoms with Crippen LogP contribution in [0, 0.1) is 13.8 Å². The second kappa shape index (κ2) is 9.12. The van der Waals surface area contributed by atoms with Crippen LogP contribution in [0.1, 0.15) is 23.9 Å². The van der Waals surface area contributed by atoms with Crippen LogP contribution >= 0.6 is 23.4 Å². The standard InChI is InChI=1S/C24H23ClN4OS/c1-15-11-12-20(19(25)13-15)27-23(30)17(3)31-24-28-21-9-4-5-10-22(21)29(24)14-18-8-6-7-16(2)26-18/h4-13,17H,14H2,1-3H3,(H,27,30). The van der Waals surface area contributed by atoms with Gasteiger partial charge in [-0.3, -0.25) is 9.78 Å². The molecule has 2 heterocycles. The van der Waals surface area contributed by atoms with Gasteiger partial charge in [0.15, 0.2) is 5.16 Å².